The average molecular weight is 346 g/mol. The number of nitrogens with one attached hydrogen (secondary N) is 2. The van der Waals surface area contributed by atoms with E-state index in [0.29, 0.717) is 4.34 Å². The minimum atomic E-state index is -0.652. The number of likely N-dealkylation sites (tertiary alicyclic amines) is 1. The predicted octanol–water partition coefficient (Wildman–Crippen LogP) is 2.04. The zero-order chi connectivity index (χ0) is 16.3. The third-order valence-electron chi connectivity index (χ3n) is 3.93. The van der Waals surface area contributed by atoms with E-state index in [4.69, 9.17) is 16.8 Å². The SMILES string of the molecule is CC(NC(=O)C1CCN(C)CC1)c1cc(C(=O)NO)c(Cl)s1. The molecule has 1 aromatic rings. The lowest BCUT2D eigenvalue weighted by Crippen LogP contribution is -2.39. The summed E-state index contributed by atoms with van der Waals surface area (Å²) >= 11 is 7.22. The van der Waals surface area contributed by atoms with Crippen molar-refractivity contribution in [3.8, 4) is 0 Å². The van der Waals surface area contributed by atoms with Crippen LogP contribution >= 0.6 is 22.9 Å². The molecule has 1 aliphatic rings. The number of nitrogens with zero attached hydrogens (tertiary/aromatic N) is 1. The van der Waals surface area contributed by atoms with Crippen LogP contribution in [-0.2, 0) is 4.79 Å². The topological polar surface area (TPSA) is 81.7 Å². The number of carbonyl (C=O) groups is 2. The van der Waals surface area contributed by atoms with Gasteiger partial charge in [-0.2, -0.15) is 0 Å². The van der Waals surface area contributed by atoms with Crippen LogP contribution in [0.5, 0.6) is 0 Å². The highest BCUT2D eigenvalue weighted by molar-refractivity contribution is 7.16. The van der Waals surface area contributed by atoms with Gasteiger partial charge in [-0.1, -0.05) is 11.6 Å². The average Bonchev–Trinajstić information content (AvgIpc) is 2.89. The Morgan fingerprint density at radius 2 is 2.09 bits per heavy atom. The molecule has 0 bridgehead atoms. The minimum absolute atomic E-state index is 0.0364. The van der Waals surface area contributed by atoms with Crippen molar-refractivity contribution in [2.75, 3.05) is 20.1 Å². The summed E-state index contributed by atoms with van der Waals surface area (Å²) in [5, 5.41) is 11.6. The lowest BCUT2D eigenvalue weighted by molar-refractivity contribution is -0.127. The number of thiophene rings is 1. The van der Waals surface area contributed by atoms with E-state index in [0.717, 1.165) is 30.8 Å². The van der Waals surface area contributed by atoms with Crippen LogP contribution < -0.4 is 10.8 Å². The summed E-state index contributed by atoms with van der Waals surface area (Å²) in [6.07, 6.45) is 1.72. The molecule has 1 saturated heterocycles. The first-order valence-corrected chi connectivity index (χ1v) is 8.34. The first kappa shape index (κ1) is 17.2. The standard InChI is InChI=1S/C14H20ClN3O3S/c1-8(11-7-10(12(15)22-11)14(20)17-21)16-13(19)9-3-5-18(2)6-4-9/h7-9,21H,3-6H2,1-2H3,(H,16,19)(H,17,20). The second-order valence-corrected chi connectivity index (χ2v) is 7.27. The van der Waals surface area contributed by atoms with Crippen LogP contribution in [0.25, 0.3) is 0 Å². The zero-order valence-corrected chi connectivity index (χ0v) is 14.1. The van der Waals surface area contributed by atoms with Crippen LogP contribution in [0.2, 0.25) is 4.34 Å². The van der Waals surface area contributed by atoms with E-state index in [1.807, 2.05) is 6.92 Å². The van der Waals surface area contributed by atoms with Gasteiger partial charge < -0.3 is 10.2 Å². The number of hydroxylamine groups is 1. The Morgan fingerprint density at radius 3 is 2.68 bits per heavy atom. The molecule has 22 heavy (non-hydrogen) atoms. The number of piperidine rings is 1. The number of halogens is 1. The molecule has 0 saturated carbocycles. The second-order valence-electron chi connectivity index (χ2n) is 5.58. The summed E-state index contributed by atoms with van der Waals surface area (Å²) in [5.74, 6) is -0.575. The van der Waals surface area contributed by atoms with E-state index in [2.05, 4.69) is 17.3 Å². The largest absolute Gasteiger partial charge is 0.349 e. The summed E-state index contributed by atoms with van der Waals surface area (Å²) in [5.41, 5.74) is 1.77. The Bertz CT molecular complexity index is 556. The molecule has 2 heterocycles. The molecule has 3 N–H and O–H groups in total. The maximum Gasteiger partial charge on any atom is 0.277 e. The summed E-state index contributed by atoms with van der Waals surface area (Å²) in [6, 6.07) is 1.37. The summed E-state index contributed by atoms with van der Waals surface area (Å²) in [6.45, 7) is 3.71. The molecule has 122 valence electrons. The molecule has 0 spiro atoms. The highest BCUT2D eigenvalue weighted by atomic mass is 35.5. The fourth-order valence-corrected chi connectivity index (χ4v) is 3.78. The third-order valence-corrected chi connectivity index (χ3v) is 5.47. The Balaban J connectivity index is 1.98. The van der Waals surface area contributed by atoms with Crippen molar-refractivity contribution in [3.63, 3.8) is 0 Å². The van der Waals surface area contributed by atoms with Crippen LogP contribution in [-0.4, -0.2) is 42.1 Å². The molecule has 1 fully saturated rings. The van der Waals surface area contributed by atoms with Gasteiger partial charge in [-0.25, -0.2) is 5.48 Å². The van der Waals surface area contributed by atoms with Crippen LogP contribution in [0.1, 0.15) is 41.0 Å². The minimum Gasteiger partial charge on any atom is -0.349 e. The zero-order valence-electron chi connectivity index (χ0n) is 12.6. The normalized spacial score (nSPS) is 18.0. The molecule has 2 amide bonds. The van der Waals surface area contributed by atoms with Crippen LogP contribution in [0.15, 0.2) is 6.07 Å². The fourth-order valence-electron chi connectivity index (χ4n) is 2.49. The number of amides is 2. The van der Waals surface area contributed by atoms with Crippen molar-refractivity contribution in [2.45, 2.75) is 25.8 Å². The number of rotatable bonds is 4. The van der Waals surface area contributed by atoms with Gasteiger partial charge in [-0.15, -0.1) is 11.3 Å². The maximum absolute atomic E-state index is 12.3. The molecular weight excluding hydrogens is 326 g/mol. The van der Waals surface area contributed by atoms with Crippen LogP contribution in [0.4, 0.5) is 0 Å². The molecule has 1 aromatic heterocycles. The Kier molecular flexibility index (Phi) is 5.80. The summed E-state index contributed by atoms with van der Waals surface area (Å²) < 4.78 is 0.293. The van der Waals surface area contributed by atoms with Crippen LogP contribution in [0.3, 0.4) is 0 Å². The van der Waals surface area contributed by atoms with E-state index in [9.17, 15) is 9.59 Å². The lowest BCUT2D eigenvalue weighted by atomic mass is 9.96. The summed E-state index contributed by atoms with van der Waals surface area (Å²) in [4.78, 5) is 26.7. The number of hydrogen-bond donors (Lipinski definition) is 3. The summed E-state index contributed by atoms with van der Waals surface area (Å²) in [7, 11) is 2.05. The van der Waals surface area contributed by atoms with Gasteiger partial charge in [0.15, 0.2) is 0 Å². The van der Waals surface area contributed by atoms with Gasteiger partial charge in [0, 0.05) is 10.8 Å². The molecule has 1 unspecified atom stereocenters. The number of carbonyl (C=O) groups excluding carboxylic acids is 2. The van der Waals surface area contributed by atoms with Crippen molar-refractivity contribution in [2.24, 2.45) is 5.92 Å². The molecular formula is C14H20ClN3O3S. The Labute approximate surface area is 138 Å². The second kappa shape index (κ2) is 7.41. The van der Waals surface area contributed by atoms with Gasteiger partial charge >= 0.3 is 0 Å². The molecule has 1 aliphatic heterocycles. The maximum atomic E-state index is 12.3. The van der Waals surface area contributed by atoms with Crippen molar-refractivity contribution < 1.29 is 14.8 Å². The van der Waals surface area contributed by atoms with Gasteiger partial charge in [0.1, 0.15) is 4.34 Å². The van der Waals surface area contributed by atoms with E-state index < -0.39 is 5.91 Å². The van der Waals surface area contributed by atoms with Crippen molar-refractivity contribution in [3.05, 3.63) is 20.8 Å². The molecule has 0 aromatic carbocycles. The smallest absolute Gasteiger partial charge is 0.277 e. The van der Waals surface area contributed by atoms with Gasteiger partial charge in [0.2, 0.25) is 5.91 Å². The fraction of sp³-hybridized carbons (Fsp3) is 0.571. The van der Waals surface area contributed by atoms with Crippen molar-refractivity contribution >= 4 is 34.8 Å². The molecule has 6 nitrogen and oxygen atoms in total. The van der Waals surface area contributed by atoms with E-state index in [1.165, 1.54) is 11.3 Å². The molecule has 0 aliphatic carbocycles. The monoisotopic (exact) mass is 345 g/mol. The van der Waals surface area contributed by atoms with Gasteiger partial charge in [-0.3, -0.25) is 14.8 Å². The third kappa shape index (κ3) is 3.98. The first-order chi connectivity index (χ1) is 10.4. The van der Waals surface area contributed by atoms with Crippen molar-refractivity contribution in [1.29, 1.82) is 0 Å². The number of hydrogen-bond acceptors (Lipinski definition) is 5. The van der Waals surface area contributed by atoms with E-state index in [1.54, 1.807) is 11.5 Å². The van der Waals surface area contributed by atoms with Gasteiger partial charge in [0.25, 0.3) is 5.91 Å². The van der Waals surface area contributed by atoms with Crippen LogP contribution in [0, 0.1) is 5.92 Å². The highest BCUT2D eigenvalue weighted by Crippen LogP contribution is 2.32. The van der Waals surface area contributed by atoms with Gasteiger partial charge in [0.05, 0.1) is 11.6 Å². The lowest BCUT2D eigenvalue weighted by Gasteiger charge is -2.28. The molecule has 8 heteroatoms. The Hall–Kier alpha value is -1.15. The van der Waals surface area contributed by atoms with Crippen molar-refractivity contribution in [1.82, 2.24) is 15.7 Å². The molecule has 1 atom stereocenters. The van der Waals surface area contributed by atoms with E-state index in [-0.39, 0.29) is 23.4 Å². The molecule has 2 rings (SSSR count). The predicted molar refractivity (Wildman–Crippen MR) is 85.4 cm³/mol. The molecule has 0 radical (unpaired) electrons. The highest BCUT2D eigenvalue weighted by Gasteiger charge is 2.25. The first-order valence-electron chi connectivity index (χ1n) is 7.15. The quantitative estimate of drug-likeness (QED) is 0.576. The van der Waals surface area contributed by atoms with Gasteiger partial charge in [-0.05, 0) is 46.0 Å². The van der Waals surface area contributed by atoms with E-state index >= 15 is 0 Å². The Morgan fingerprint density at radius 1 is 1.45 bits per heavy atom.